The molecule has 0 bridgehead atoms. The van der Waals surface area contributed by atoms with Gasteiger partial charge in [0.2, 0.25) is 0 Å². The van der Waals surface area contributed by atoms with E-state index in [9.17, 15) is 8.78 Å². The zero-order valence-electron chi connectivity index (χ0n) is 11.7. The van der Waals surface area contributed by atoms with Gasteiger partial charge in [-0.05, 0) is 49.2 Å². The van der Waals surface area contributed by atoms with Gasteiger partial charge in [0.25, 0.3) is 0 Å². The van der Waals surface area contributed by atoms with Gasteiger partial charge in [0, 0.05) is 6.04 Å². The van der Waals surface area contributed by atoms with Crippen molar-refractivity contribution < 1.29 is 13.5 Å². The number of hydrogen-bond donors (Lipinski definition) is 1. The maximum Gasteiger partial charge on any atom is 0.165 e. The summed E-state index contributed by atoms with van der Waals surface area (Å²) in [4.78, 5) is 0. The number of anilines is 1. The highest BCUT2D eigenvalue weighted by Crippen LogP contribution is 2.26. The molecule has 106 valence electrons. The van der Waals surface area contributed by atoms with Crippen molar-refractivity contribution >= 4 is 5.69 Å². The molecule has 0 heterocycles. The number of halogens is 2. The fourth-order valence-electron chi connectivity index (χ4n) is 2.01. The lowest BCUT2D eigenvalue weighted by molar-refractivity contribution is 0.385. The molecule has 2 nitrogen and oxygen atoms in total. The van der Waals surface area contributed by atoms with Crippen LogP contribution < -0.4 is 10.1 Å². The normalized spacial score (nSPS) is 12.1. The van der Waals surface area contributed by atoms with Crippen LogP contribution in [0.25, 0.3) is 0 Å². The van der Waals surface area contributed by atoms with Crippen molar-refractivity contribution in [2.24, 2.45) is 0 Å². The topological polar surface area (TPSA) is 21.3 Å². The monoisotopic (exact) mass is 277 g/mol. The van der Waals surface area contributed by atoms with Crippen molar-refractivity contribution in [2.45, 2.75) is 19.9 Å². The summed E-state index contributed by atoms with van der Waals surface area (Å²) in [5.41, 5.74) is 2.22. The van der Waals surface area contributed by atoms with Gasteiger partial charge in [-0.15, -0.1) is 0 Å². The highest BCUT2D eigenvalue weighted by atomic mass is 19.1. The van der Waals surface area contributed by atoms with E-state index in [-0.39, 0.29) is 17.6 Å². The molecule has 0 saturated heterocycles. The van der Waals surface area contributed by atoms with E-state index in [0.29, 0.717) is 5.69 Å². The predicted octanol–water partition coefficient (Wildman–Crippen LogP) is 4.45. The standard InChI is InChI=1S/C16H17F2NO/c1-10-4-6-13(17)15(8-10)19-11(2)12-5-7-14(18)16(9-12)20-3/h4-9,11,19H,1-3H3. The molecule has 1 N–H and O–H groups in total. The molecule has 0 aliphatic carbocycles. The van der Waals surface area contributed by atoms with Gasteiger partial charge in [0.15, 0.2) is 11.6 Å². The van der Waals surface area contributed by atoms with Crippen LogP contribution in [0.5, 0.6) is 5.75 Å². The molecule has 0 aliphatic rings. The maximum absolute atomic E-state index is 13.7. The number of ether oxygens (including phenoxy) is 1. The van der Waals surface area contributed by atoms with Crippen LogP contribution in [0.4, 0.5) is 14.5 Å². The molecule has 20 heavy (non-hydrogen) atoms. The second-order valence-electron chi connectivity index (χ2n) is 4.74. The molecule has 2 rings (SSSR count). The number of aryl methyl sites for hydroxylation is 1. The van der Waals surface area contributed by atoms with Crippen LogP contribution in [0.15, 0.2) is 36.4 Å². The third-order valence-corrected chi connectivity index (χ3v) is 3.17. The smallest absolute Gasteiger partial charge is 0.165 e. The van der Waals surface area contributed by atoms with Gasteiger partial charge in [-0.25, -0.2) is 8.78 Å². The Hall–Kier alpha value is -2.10. The van der Waals surface area contributed by atoms with Crippen LogP contribution in [0.3, 0.4) is 0 Å². The third kappa shape index (κ3) is 3.07. The number of nitrogens with one attached hydrogen (secondary N) is 1. The van der Waals surface area contributed by atoms with Gasteiger partial charge in [-0.2, -0.15) is 0 Å². The highest BCUT2D eigenvalue weighted by Gasteiger charge is 2.11. The van der Waals surface area contributed by atoms with Crippen LogP contribution in [-0.2, 0) is 0 Å². The molecule has 0 aromatic heterocycles. The van der Waals surface area contributed by atoms with E-state index in [0.717, 1.165) is 11.1 Å². The lowest BCUT2D eigenvalue weighted by atomic mass is 10.1. The molecule has 0 radical (unpaired) electrons. The van der Waals surface area contributed by atoms with Gasteiger partial charge in [-0.3, -0.25) is 0 Å². The first-order chi connectivity index (χ1) is 9.51. The molecule has 0 spiro atoms. The van der Waals surface area contributed by atoms with Gasteiger partial charge in [0.1, 0.15) is 5.82 Å². The van der Waals surface area contributed by atoms with Crippen LogP contribution in [-0.4, -0.2) is 7.11 Å². The Morgan fingerprint density at radius 3 is 2.45 bits per heavy atom. The van der Waals surface area contributed by atoms with E-state index >= 15 is 0 Å². The summed E-state index contributed by atoms with van der Waals surface area (Å²) in [5, 5.41) is 3.09. The molecule has 2 aromatic carbocycles. The second kappa shape index (κ2) is 5.90. The summed E-state index contributed by atoms with van der Waals surface area (Å²) >= 11 is 0. The van der Waals surface area contributed by atoms with Crippen LogP contribution in [0, 0.1) is 18.6 Å². The van der Waals surface area contributed by atoms with E-state index in [1.165, 1.54) is 19.2 Å². The van der Waals surface area contributed by atoms with Crippen molar-refractivity contribution in [3.63, 3.8) is 0 Å². The Kier molecular flexibility index (Phi) is 4.23. The Bertz CT molecular complexity index is 613. The molecule has 0 saturated carbocycles. The van der Waals surface area contributed by atoms with Crippen molar-refractivity contribution in [2.75, 3.05) is 12.4 Å². The average Bonchev–Trinajstić information content (AvgIpc) is 2.43. The van der Waals surface area contributed by atoms with E-state index in [2.05, 4.69) is 5.32 Å². The molecular weight excluding hydrogens is 260 g/mol. The summed E-state index contributed by atoms with van der Waals surface area (Å²) in [5.74, 6) is -0.539. The van der Waals surface area contributed by atoms with E-state index in [1.807, 2.05) is 13.8 Å². The van der Waals surface area contributed by atoms with Crippen molar-refractivity contribution in [3.8, 4) is 5.75 Å². The minimum Gasteiger partial charge on any atom is -0.494 e. The number of benzene rings is 2. The second-order valence-corrected chi connectivity index (χ2v) is 4.74. The van der Waals surface area contributed by atoms with Crippen LogP contribution in [0.2, 0.25) is 0 Å². The highest BCUT2D eigenvalue weighted by molar-refractivity contribution is 5.49. The molecule has 1 atom stereocenters. The van der Waals surface area contributed by atoms with Crippen molar-refractivity contribution in [3.05, 3.63) is 59.2 Å². The fraction of sp³-hybridized carbons (Fsp3) is 0.250. The molecule has 2 aromatic rings. The Balaban J connectivity index is 2.23. The molecule has 0 aliphatic heterocycles. The first kappa shape index (κ1) is 14.3. The van der Waals surface area contributed by atoms with Gasteiger partial charge in [0.05, 0.1) is 12.8 Å². The van der Waals surface area contributed by atoms with E-state index < -0.39 is 5.82 Å². The number of methoxy groups -OCH3 is 1. The van der Waals surface area contributed by atoms with E-state index in [1.54, 1.807) is 24.3 Å². The summed E-state index contributed by atoms with van der Waals surface area (Å²) in [6, 6.07) is 9.33. The van der Waals surface area contributed by atoms with Gasteiger partial charge < -0.3 is 10.1 Å². The number of hydrogen-bond acceptors (Lipinski definition) is 2. The minimum absolute atomic E-state index is 0.166. The third-order valence-electron chi connectivity index (χ3n) is 3.17. The summed E-state index contributed by atoms with van der Waals surface area (Å²) in [6.07, 6.45) is 0. The lowest BCUT2D eigenvalue weighted by Gasteiger charge is -2.17. The Morgan fingerprint density at radius 1 is 1.05 bits per heavy atom. The van der Waals surface area contributed by atoms with Crippen LogP contribution >= 0.6 is 0 Å². The fourth-order valence-corrected chi connectivity index (χ4v) is 2.01. The quantitative estimate of drug-likeness (QED) is 0.891. The summed E-state index contributed by atoms with van der Waals surface area (Å²) in [7, 11) is 1.42. The lowest BCUT2D eigenvalue weighted by Crippen LogP contribution is -2.08. The summed E-state index contributed by atoms with van der Waals surface area (Å²) in [6.45, 7) is 3.78. The molecule has 0 fully saturated rings. The zero-order chi connectivity index (χ0) is 14.7. The Morgan fingerprint density at radius 2 is 1.75 bits per heavy atom. The van der Waals surface area contributed by atoms with E-state index in [4.69, 9.17) is 4.74 Å². The van der Waals surface area contributed by atoms with Crippen LogP contribution in [0.1, 0.15) is 24.1 Å². The summed E-state index contributed by atoms with van der Waals surface area (Å²) < 4.78 is 32.0. The Labute approximate surface area is 117 Å². The SMILES string of the molecule is COc1cc(C(C)Nc2cc(C)ccc2F)ccc1F. The average molecular weight is 277 g/mol. The first-order valence-electron chi connectivity index (χ1n) is 6.37. The number of rotatable bonds is 4. The van der Waals surface area contributed by atoms with Gasteiger partial charge in [-0.1, -0.05) is 12.1 Å². The maximum atomic E-state index is 13.7. The van der Waals surface area contributed by atoms with Crippen molar-refractivity contribution in [1.82, 2.24) is 0 Å². The molecule has 4 heteroatoms. The van der Waals surface area contributed by atoms with Crippen molar-refractivity contribution in [1.29, 1.82) is 0 Å². The molecular formula is C16H17F2NO. The largest absolute Gasteiger partial charge is 0.494 e. The first-order valence-corrected chi connectivity index (χ1v) is 6.37. The van der Waals surface area contributed by atoms with Gasteiger partial charge >= 0.3 is 0 Å². The molecule has 0 amide bonds. The predicted molar refractivity (Wildman–Crippen MR) is 76.1 cm³/mol. The zero-order valence-corrected chi connectivity index (χ0v) is 11.7. The minimum atomic E-state index is -0.412. The molecule has 1 unspecified atom stereocenters.